The molecule has 0 aliphatic rings. The van der Waals surface area contributed by atoms with Crippen LogP contribution in [0.4, 0.5) is 0 Å². The van der Waals surface area contributed by atoms with E-state index in [1.807, 2.05) is 6.92 Å². The third-order valence-electron chi connectivity index (χ3n) is 0.725. The number of hydrogen-bond acceptors (Lipinski definition) is 1. The molecule has 0 atom stereocenters. The Bertz CT molecular complexity index is 96.7. The van der Waals surface area contributed by atoms with E-state index in [4.69, 9.17) is 5.73 Å². The number of hydrogen-bond donors (Lipinski definition) is 0. The molecule has 0 aromatic rings. The monoisotopic (exact) mass is 112 g/mol. The number of rotatable bonds is 3. The van der Waals surface area contributed by atoms with Crippen molar-refractivity contribution in [2.75, 3.05) is 0 Å². The summed E-state index contributed by atoms with van der Waals surface area (Å²) in [6.07, 6.45) is 4.92. The van der Waals surface area contributed by atoms with E-state index in [9.17, 15) is 4.79 Å². The summed E-state index contributed by atoms with van der Waals surface area (Å²) < 4.78 is 0. The van der Waals surface area contributed by atoms with E-state index in [0.717, 1.165) is 12.8 Å². The van der Waals surface area contributed by atoms with Crippen LogP contribution < -0.4 is 5.73 Å². The lowest BCUT2D eigenvalue weighted by Crippen LogP contribution is -1.88. The zero-order chi connectivity index (χ0) is 6.41. The van der Waals surface area contributed by atoms with Crippen LogP contribution in [0.25, 0.3) is 0 Å². The summed E-state index contributed by atoms with van der Waals surface area (Å²) >= 11 is 0. The third kappa shape index (κ3) is 5.21. The van der Waals surface area contributed by atoms with Crippen LogP contribution >= 0.6 is 0 Å². The van der Waals surface area contributed by atoms with Gasteiger partial charge in [-0.3, -0.25) is 10.5 Å². The lowest BCUT2D eigenvalue weighted by atomic mass is 10.3. The van der Waals surface area contributed by atoms with E-state index >= 15 is 0 Å². The fraction of sp³-hybridized carbons (Fsp3) is 0.500. The Kier molecular flexibility index (Phi) is 3.94. The van der Waals surface area contributed by atoms with E-state index in [1.165, 1.54) is 6.08 Å². The van der Waals surface area contributed by atoms with Crippen molar-refractivity contribution in [3.8, 4) is 0 Å². The van der Waals surface area contributed by atoms with Crippen molar-refractivity contribution < 1.29 is 4.79 Å². The van der Waals surface area contributed by atoms with Crippen LogP contribution in [0, 0.1) is 0 Å². The molecule has 0 saturated heterocycles. The molecule has 8 heavy (non-hydrogen) atoms. The van der Waals surface area contributed by atoms with Gasteiger partial charge in [-0.05, 0) is 6.42 Å². The quantitative estimate of drug-likeness (QED) is 0.505. The molecule has 2 nitrogen and oxygen atoms in total. The molecule has 1 radical (unpaired) electrons. The zero-order valence-corrected chi connectivity index (χ0v) is 4.98. The molecular weight excluding hydrogens is 102 g/mol. The van der Waals surface area contributed by atoms with Gasteiger partial charge < -0.3 is 0 Å². The molecule has 0 aliphatic carbocycles. The van der Waals surface area contributed by atoms with Gasteiger partial charge in [-0.15, -0.1) is 0 Å². The highest BCUT2D eigenvalue weighted by atomic mass is 16.1. The molecule has 45 valence electrons. The average molecular weight is 112 g/mol. The Morgan fingerprint density at radius 3 is 2.75 bits per heavy atom. The van der Waals surface area contributed by atoms with Gasteiger partial charge in [0.25, 0.3) is 5.91 Å². The molecule has 1 amide bonds. The van der Waals surface area contributed by atoms with E-state index in [-0.39, 0.29) is 0 Å². The highest BCUT2D eigenvalue weighted by Crippen LogP contribution is 1.86. The minimum atomic E-state index is -0.613. The van der Waals surface area contributed by atoms with Crippen molar-refractivity contribution in [1.82, 2.24) is 5.73 Å². The Morgan fingerprint density at radius 1 is 1.75 bits per heavy atom. The SMILES string of the molecule is CCCC=CC([NH])=O. The molecule has 0 aromatic carbocycles. The van der Waals surface area contributed by atoms with Gasteiger partial charge in [0, 0.05) is 6.08 Å². The number of carbonyl (C=O) groups excluding carboxylic acids is 1. The van der Waals surface area contributed by atoms with Crippen LogP contribution in [0.1, 0.15) is 19.8 Å². The maximum absolute atomic E-state index is 9.90. The predicted octanol–water partition coefficient (Wildman–Crippen LogP) is 1.15. The third-order valence-corrected chi connectivity index (χ3v) is 0.725. The summed E-state index contributed by atoms with van der Waals surface area (Å²) in [5, 5.41) is 0. The average Bonchev–Trinajstić information content (AvgIpc) is 1.66. The molecule has 0 aliphatic heterocycles. The van der Waals surface area contributed by atoms with Crippen LogP contribution in [0.3, 0.4) is 0 Å². The molecule has 0 spiro atoms. The lowest BCUT2D eigenvalue weighted by molar-refractivity contribution is -0.114. The minimum Gasteiger partial charge on any atom is -0.268 e. The van der Waals surface area contributed by atoms with Crippen molar-refractivity contribution in [3.05, 3.63) is 12.2 Å². The summed E-state index contributed by atoms with van der Waals surface area (Å²) in [6.45, 7) is 2.03. The Balaban J connectivity index is 3.20. The van der Waals surface area contributed by atoms with Crippen molar-refractivity contribution in [3.63, 3.8) is 0 Å². The second-order valence-electron chi connectivity index (χ2n) is 1.56. The van der Waals surface area contributed by atoms with Crippen LogP contribution in [0.2, 0.25) is 0 Å². The summed E-state index contributed by atoms with van der Waals surface area (Å²) in [7, 11) is 0. The van der Waals surface area contributed by atoms with Gasteiger partial charge in [0.2, 0.25) is 0 Å². The van der Waals surface area contributed by atoms with Gasteiger partial charge in [0.05, 0.1) is 0 Å². The first kappa shape index (κ1) is 7.21. The van der Waals surface area contributed by atoms with Crippen LogP contribution in [0.5, 0.6) is 0 Å². The van der Waals surface area contributed by atoms with Crippen molar-refractivity contribution in [2.45, 2.75) is 19.8 Å². The standard InChI is InChI=1S/C6H10NO/c1-2-3-4-5-6(7)8/h4-5,7H,2-3H2,1H3. The van der Waals surface area contributed by atoms with Crippen molar-refractivity contribution in [2.24, 2.45) is 0 Å². The van der Waals surface area contributed by atoms with E-state index in [2.05, 4.69) is 0 Å². The number of unbranched alkanes of at least 4 members (excludes halogenated alkanes) is 1. The van der Waals surface area contributed by atoms with Gasteiger partial charge in [-0.25, -0.2) is 0 Å². The fourth-order valence-electron chi connectivity index (χ4n) is 0.357. The topological polar surface area (TPSA) is 40.9 Å². The number of nitrogens with one attached hydrogen (secondary N) is 1. The largest absolute Gasteiger partial charge is 0.268 e. The van der Waals surface area contributed by atoms with Gasteiger partial charge >= 0.3 is 0 Å². The maximum Gasteiger partial charge on any atom is 0.262 e. The molecule has 0 aromatic heterocycles. The number of allylic oxidation sites excluding steroid dienone is 1. The Morgan fingerprint density at radius 2 is 2.38 bits per heavy atom. The second kappa shape index (κ2) is 4.37. The first-order valence-electron chi connectivity index (χ1n) is 2.69. The highest BCUT2D eigenvalue weighted by Gasteiger charge is 1.79. The number of amides is 1. The molecule has 0 fully saturated rings. The molecular formula is C6H10NO. The summed E-state index contributed by atoms with van der Waals surface area (Å²) in [4.78, 5) is 9.90. The normalized spacial score (nSPS) is 10.1. The zero-order valence-electron chi connectivity index (χ0n) is 4.98. The Hall–Kier alpha value is -0.790. The summed E-state index contributed by atoms with van der Waals surface area (Å²) in [5.41, 5.74) is 6.43. The summed E-state index contributed by atoms with van der Waals surface area (Å²) in [5.74, 6) is -0.613. The smallest absolute Gasteiger partial charge is 0.262 e. The molecule has 0 rings (SSSR count). The maximum atomic E-state index is 9.90. The van der Waals surface area contributed by atoms with Crippen molar-refractivity contribution >= 4 is 5.91 Å². The number of carbonyl (C=O) groups is 1. The molecule has 0 unspecified atom stereocenters. The molecule has 1 N–H and O–H groups in total. The van der Waals surface area contributed by atoms with Gasteiger partial charge in [-0.2, -0.15) is 0 Å². The first-order valence-corrected chi connectivity index (χ1v) is 2.69. The molecule has 2 heteroatoms. The minimum absolute atomic E-state index is 0.613. The first-order chi connectivity index (χ1) is 3.77. The van der Waals surface area contributed by atoms with Crippen molar-refractivity contribution in [1.29, 1.82) is 0 Å². The lowest BCUT2D eigenvalue weighted by Gasteiger charge is -1.79. The van der Waals surface area contributed by atoms with Crippen LogP contribution in [-0.4, -0.2) is 5.91 Å². The molecule has 0 saturated carbocycles. The fourth-order valence-corrected chi connectivity index (χ4v) is 0.357. The van der Waals surface area contributed by atoms with Gasteiger partial charge in [0.1, 0.15) is 0 Å². The predicted molar refractivity (Wildman–Crippen MR) is 32.2 cm³/mol. The highest BCUT2D eigenvalue weighted by molar-refractivity contribution is 5.84. The second-order valence-corrected chi connectivity index (χ2v) is 1.56. The molecule has 0 bridgehead atoms. The van der Waals surface area contributed by atoms with Crippen LogP contribution in [-0.2, 0) is 4.79 Å². The molecule has 0 heterocycles. The van der Waals surface area contributed by atoms with Gasteiger partial charge in [-0.1, -0.05) is 19.4 Å². The van der Waals surface area contributed by atoms with E-state index in [0.29, 0.717) is 0 Å². The summed E-state index contributed by atoms with van der Waals surface area (Å²) in [6, 6.07) is 0. The van der Waals surface area contributed by atoms with Crippen LogP contribution in [0.15, 0.2) is 12.2 Å². The van der Waals surface area contributed by atoms with E-state index in [1.54, 1.807) is 6.08 Å². The van der Waals surface area contributed by atoms with Gasteiger partial charge in [0.15, 0.2) is 0 Å². The van der Waals surface area contributed by atoms with E-state index < -0.39 is 5.91 Å². The Labute approximate surface area is 49.4 Å².